The van der Waals surface area contributed by atoms with Crippen molar-refractivity contribution in [1.82, 2.24) is 0 Å². The highest BCUT2D eigenvalue weighted by atomic mass is 16.5. The maximum atomic E-state index is 11.4. The van der Waals surface area contributed by atoms with Crippen LogP contribution in [0.5, 0.6) is 0 Å². The van der Waals surface area contributed by atoms with E-state index in [1.165, 1.54) is 0 Å². The van der Waals surface area contributed by atoms with E-state index in [-0.39, 0.29) is 25.0 Å². The van der Waals surface area contributed by atoms with E-state index in [4.69, 9.17) is 9.47 Å². The highest BCUT2D eigenvalue weighted by Crippen LogP contribution is 2.15. The van der Waals surface area contributed by atoms with Crippen molar-refractivity contribution in [3.05, 3.63) is 0 Å². The third-order valence-electron chi connectivity index (χ3n) is 2.16. The van der Waals surface area contributed by atoms with Gasteiger partial charge in [-0.1, -0.05) is 19.8 Å². The second kappa shape index (κ2) is 8.09. The number of unbranched alkanes of at least 4 members (excludes halogenated alkanes) is 2. The van der Waals surface area contributed by atoms with Crippen LogP contribution in [0.15, 0.2) is 0 Å². The quantitative estimate of drug-likeness (QED) is 0.510. The van der Waals surface area contributed by atoms with Gasteiger partial charge in [0.05, 0.1) is 18.4 Å². The molecule has 0 aliphatic rings. The van der Waals surface area contributed by atoms with Crippen molar-refractivity contribution in [2.75, 3.05) is 13.2 Å². The lowest BCUT2D eigenvalue weighted by Crippen LogP contribution is -2.24. The predicted octanol–water partition coefficient (Wildman–Crippen LogP) is 2.70. The highest BCUT2D eigenvalue weighted by Gasteiger charge is 2.23. The molecule has 0 aromatic rings. The Morgan fingerprint density at radius 2 is 1.65 bits per heavy atom. The smallest absolute Gasteiger partial charge is 0.311 e. The summed E-state index contributed by atoms with van der Waals surface area (Å²) in [6, 6.07) is 0. The van der Waals surface area contributed by atoms with E-state index >= 15 is 0 Å². The Hall–Kier alpha value is -1.06. The number of hydrogen-bond acceptors (Lipinski definition) is 4. The largest absolute Gasteiger partial charge is 0.466 e. The molecule has 0 aliphatic carbocycles. The molecule has 0 fully saturated rings. The fourth-order valence-corrected chi connectivity index (χ4v) is 1.05. The summed E-state index contributed by atoms with van der Waals surface area (Å²) in [5, 5.41) is 0. The average Bonchev–Trinajstić information content (AvgIpc) is 2.23. The van der Waals surface area contributed by atoms with E-state index in [0.29, 0.717) is 6.61 Å². The normalized spacial score (nSPS) is 11.1. The zero-order valence-electron chi connectivity index (χ0n) is 11.4. The minimum absolute atomic E-state index is 0.0999. The van der Waals surface area contributed by atoms with Crippen LogP contribution in [0.4, 0.5) is 0 Å². The molecule has 0 spiro atoms. The van der Waals surface area contributed by atoms with Crippen molar-refractivity contribution < 1.29 is 19.1 Å². The van der Waals surface area contributed by atoms with E-state index in [1.807, 2.05) is 0 Å². The first kappa shape index (κ1) is 15.9. The molecule has 17 heavy (non-hydrogen) atoms. The van der Waals surface area contributed by atoms with Gasteiger partial charge in [0.1, 0.15) is 6.61 Å². The molecule has 0 amide bonds. The van der Waals surface area contributed by atoms with Crippen LogP contribution in [0.2, 0.25) is 0 Å². The van der Waals surface area contributed by atoms with Crippen molar-refractivity contribution in [2.45, 2.75) is 53.4 Å². The molecule has 0 aromatic heterocycles. The Bertz CT molecular complexity index is 240. The third-order valence-corrected chi connectivity index (χ3v) is 2.16. The maximum Gasteiger partial charge on any atom is 0.311 e. The van der Waals surface area contributed by atoms with Crippen molar-refractivity contribution in [2.24, 2.45) is 5.41 Å². The molecule has 0 rings (SSSR count). The van der Waals surface area contributed by atoms with Crippen LogP contribution in [0.3, 0.4) is 0 Å². The SMILES string of the molecule is CCCCCOC(=O)CCOC(=O)C(C)(C)C. The van der Waals surface area contributed by atoms with Crippen LogP contribution >= 0.6 is 0 Å². The average molecular weight is 244 g/mol. The zero-order chi connectivity index (χ0) is 13.3. The predicted molar refractivity (Wildman–Crippen MR) is 65.5 cm³/mol. The second-order valence-corrected chi connectivity index (χ2v) is 5.06. The van der Waals surface area contributed by atoms with Gasteiger partial charge in [0.15, 0.2) is 0 Å². The van der Waals surface area contributed by atoms with Gasteiger partial charge in [0, 0.05) is 0 Å². The molecular weight excluding hydrogens is 220 g/mol. The van der Waals surface area contributed by atoms with E-state index in [9.17, 15) is 9.59 Å². The molecule has 100 valence electrons. The summed E-state index contributed by atoms with van der Waals surface area (Å²) in [5.41, 5.74) is -0.523. The molecule has 0 aromatic carbocycles. The Balaban J connectivity index is 3.55. The van der Waals surface area contributed by atoms with Crippen LogP contribution in [-0.2, 0) is 19.1 Å². The number of carbonyl (C=O) groups excluding carboxylic acids is 2. The molecular formula is C13H24O4. The topological polar surface area (TPSA) is 52.6 Å². The molecule has 4 nitrogen and oxygen atoms in total. The van der Waals surface area contributed by atoms with Crippen LogP contribution in [0.1, 0.15) is 53.4 Å². The first-order valence-corrected chi connectivity index (χ1v) is 6.20. The van der Waals surface area contributed by atoms with Gasteiger partial charge >= 0.3 is 11.9 Å². The van der Waals surface area contributed by atoms with Gasteiger partial charge in [-0.2, -0.15) is 0 Å². The van der Waals surface area contributed by atoms with E-state index in [1.54, 1.807) is 20.8 Å². The number of hydrogen-bond donors (Lipinski definition) is 0. The summed E-state index contributed by atoms with van der Waals surface area (Å²) in [7, 11) is 0. The van der Waals surface area contributed by atoms with Gasteiger partial charge < -0.3 is 9.47 Å². The first-order valence-electron chi connectivity index (χ1n) is 6.20. The molecule has 0 atom stereocenters. The Kier molecular flexibility index (Phi) is 7.59. The molecule has 0 bridgehead atoms. The molecule has 0 saturated heterocycles. The monoisotopic (exact) mass is 244 g/mol. The van der Waals surface area contributed by atoms with Gasteiger partial charge in [0.25, 0.3) is 0 Å². The van der Waals surface area contributed by atoms with Crippen LogP contribution in [-0.4, -0.2) is 25.2 Å². The summed E-state index contributed by atoms with van der Waals surface area (Å²) in [5.74, 6) is -0.598. The van der Waals surface area contributed by atoms with Crippen LogP contribution < -0.4 is 0 Å². The van der Waals surface area contributed by atoms with Gasteiger partial charge in [-0.3, -0.25) is 9.59 Å². The van der Waals surface area contributed by atoms with Gasteiger partial charge in [-0.25, -0.2) is 0 Å². The minimum Gasteiger partial charge on any atom is -0.466 e. The summed E-state index contributed by atoms with van der Waals surface area (Å²) in [6.45, 7) is 7.98. The lowest BCUT2D eigenvalue weighted by Gasteiger charge is -2.16. The number of carbonyl (C=O) groups is 2. The lowest BCUT2D eigenvalue weighted by molar-refractivity contribution is -0.155. The molecule has 0 heterocycles. The fraction of sp³-hybridized carbons (Fsp3) is 0.846. The van der Waals surface area contributed by atoms with E-state index < -0.39 is 5.41 Å². The summed E-state index contributed by atoms with van der Waals surface area (Å²) >= 11 is 0. The summed E-state index contributed by atoms with van der Waals surface area (Å²) in [6.07, 6.45) is 3.19. The molecule has 0 radical (unpaired) electrons. The molecule has 0 unspecified atom stereocenters. The third kappa shape index (κ3) is 8.72. The van der Waals surface area contributed by atoms with Crippen LogP contribution in [0, 0.1) is 5.41 Å². The van der Waals surface area contributed by atoms with Gasteiger partial charge in [-0.15, -0.1) is 0 Å². The first-order chi connectivity index (χ1) is 7.88. The highest BCUT2D eigenvalue weighted by molar-refractivity contribution is 5.76. The number of esters is 2. The molecule has 0 N–H and O–H groups in total. The van der Waals surface area contributed by atoms with Crippen molar-refractivity contribution in [1.29, 1.82) is 0 Å². The molecule has 0 aliphatic heterocycles. The lowest BCUT2D eigenvalue weighted by atomic mass is 9.97. The van der Waals surface area contributed by atoms with Crippen LogP contribution in [0.25, 0.3) is 0 Å². The number of ether oxygens (including phenoxy) is 2. The standard InChI is InChI=1S/C13H24O4/c1-5-6-7-9-16-11(14)8-10-17-12(15)13(2,3)4/h5-10H2,1-4H3. The van der Waals surface area contributed by atoms with E-state index in [0.717, 1.165) is 19.3 Å². The van der Waals surface area contributed by atoms with E-state index in [2.05, 4.69) is 6.92 Å². The maximum absolute atomic E-state index is 11.4. The van der Waals surface area contributed by atoms with Gasteiger partial charge in [0.2, 0.25) is 0 Å². The van der Waals surface area contributed by atoms with Gasteiger partial charge in [-0.05, 0) is 27.2 Å². The fourth-order valence-electron chi connectivity index (χ4n) is 1.05. The minimum atomic E-state index is -0.523. The van der Waals surface area contributed by atoms with Crippen molar-refractivity contribution >= 4 is 11.9 Å². The summed E-state index contributed by atoms with van der Waals surface area (Å²) < 4.78 is 9.95. The molecule has 0 saturated carbocycles. The summed E-state index contributed by atoms with van der Waals surface area (Å²) in [4.78, 5) is 22.6. The number of rotatable bonds is 7. The zero-order valence-corrected chi connectivity index (χ0v) is 11.4. The Morgan fingerprint density at radius 3 is 2.18 bits per heavy atom. The second-order valence-electron chi connectivity index (χ2n) is 5.06. The Labute approximate surface area is 104 Å². The molecule has 4 heteroatoms. The van der Waals surface area contributed by atoms with Crippen molar-refractivity contribution in [3.63, 3.8) is 0 Å². The van der Waals surface area contributed by atoms with Crippen molar-refractivity contribution in [3.8, 4) is 0 Å². The Morgan fingerprint density at radius 1 is 1.00 bits per heavy atom.